The molecular formula is C51H51N5O7. The van der Waals surface area contributed by atoms with E-state index < -0.39 is 29.9 Å². The van der Waals surface area contributed by atoms with Crippen LogP contribution in [0.5, 0.6) is 5.75 Å². The van der Waals surface area contributed by atoms with Gasteiger partial charge in [-0.1, -0.05) is 121 Å². The van der Waals surface area contributed by atoms with Gasteiger partial charge in [-0.2, -0.15) is 0 Å². The Labute approximate surface area is 365 Å². The minimum Gasteiger partial charge on any atom is -0.489 e. The number of carbonyl (C=O) groups is 2. The smallest absolute Gasteiger partial charge is 0.419 e. The van der Waals surface area contributed by atoms with Gasteiger partial charge in [0, 0.05) is 59.8 Å². The van der Waals surface area contributed by atoms with Crippen molar-refractivity contribution >= 4 is 22.8 Å². The summed E-state index contributed by atoms with van der Waals surface area (Å²) in [5.41, 5.74) is 6.32. The zero-order chi connectivity index (χ0) is 43.1. The Balaban J connectivity index is 0.952. The minimum absolute atomic E-state index is 0.0512. The second-order valence-electron chi connectivity index (χ2n) is 16.4. The molecule has 0 radical (unpaired) electrons. The number of aliphatic carboxylic acids is 1. The molecule has 2 bridgehead atoms. The molecule has 0 aliphatic carbocycles. The molecule has 1 amide bonds. The molecule has 0 unspecified atom stereocenters. The van der Waals surface area contributed by atoms with Crippen LogP contribution < -0.4 is 21.1 Å². The molecular weight excluding hydrogens is 795 g/mol. The Hall–Kier alpha value is -6.73. The highest BCUT2D eigenvalue weighted by molar-refractivity contribution is 5.85. The number of fused-ring (bicyclic) bond motifs is 3. The van der Waals surface area contributed by atoms with E-state index in [1.54, 1.807) is 4.57 Å². The van der Waals surface area contributed by atoms with Crippen molar-refractivity contribution in [1.82, 2.24) is 25.1 Å². The number of nitrogens with one attached hydrogen (secondary N) is 3. The Morgan fingerprint density at radius 2 is 1.52 bits per heavy atom. The first-order valence-electron chi connectivity index (χ1n) is 21.7. The number of oxazole rings is 1. The topological polar surface area (TPSA) is 151 Å². The van der Waals surface area contributed by atoms with Crippen LogP contribution in [0.2, 0.25) is 0 Å². The van der Waals surface area contributed by atoms with Crippen LogP contribution in [0.3, 0.4) is 0 Å². The van der Waals surface area contributed by atoms with Crippen LogP contribution in [-0.2, 0) is 40.3 Å². The summed E-state index contributed by atoms with van der Waals surface area (Å²) in [7, 11) is 0. The number of carbonyl (C=O) groups excluding carboxylic acids is 1. The van der Waals surface area contributed by atoms with Gasteiger partial charge in [-0.25, -0.2) is 4.79 Å². The summed E-state index contributed by atoms with van der Waals surface area (Å²) in [5, 5.41) is 18.6. The van der Waals surface area contributed by atoms with Crippen LogP contribution >= 0.6 is 0 Å². The van der Waals surface area contributed by atoms with E-state index in [2.05, 4.69) is 15.6 Å². The molecule has 5 aromatic carbocycles. The van der Waals surface area contributed by atoms with Crippen molar-refractivity contribution in [3.05, 3.63) is 173 Å². The summed E-state index contributed by atoms with van der Waals surface area (Å²) in [4.78, 5) is 46.2. The van der Waals surface area contributed by atoms with E-state index >= 15 is 0 Å². The van der Waals surface area contributed by atoms with Crippen LogP contribution in [-0.4, -0.2) is 81.4 Å². The maximum Gasteiger partial charge on any atom is 0.419 e. The monoisotopic (exact) mass is 845 g/mol. The lowest BCUT2D eigenvalue weighted by Crippen LogP contribution is -2.70. The third-order valence-corrected chi connectivity index (χ3v) is 12.2. The number of hydrogen-bond acceptors (Lipinski definition) is 8. The molecule has 4 N–H and O–H groups in total. The fourth-order valence-electron chi connectivity index (χ4n) is 8.99. The lowest BCUT2D eigenvalue weighted by molar-refractivity contribution is -0.146. The van der Waals surface area contributed by atoms with Gasteiger partial charge in [0.15, 0.2) is 5.76 Å². The standard InChI is InChI=1S/C51H51N5O7/c57-49-43(21-12-26-55-47(36-15-6-2-7-16-36)48(63-51(55)60)37-17-8-3-9-18-37)53-45-30-56(49)39(27-34-22-24-40(25-23-34)62-31-35-13-4-1-5-14-35)32-61-33-46(45)54-44(50(58)59)28-38-29-52-42-20-11-10-19-41(38)42/h1-11,13-20,22-25,29,39,43-46,52-54H,12,21,26-28,30-33H2,(H,58,59)/t39-,43+,44-,45-,46-/m0/s1. The van der Waals surface area contributed by atoms with Crippen molar-refractivity contribution in [2.75, 3.05) is 19.8 Å². The summed E-state index contributed by atoms with van der Waals surface area (Å²) >= 11 is 0. The zero-order valence-corrected chi connectivity index (χ0v) is 34.9. The predicted octanol–water partition coefficient (Wildman–Crippen LogP) is 7.08. The SMILES string of the molecule is O=C(O)[C@H](Cc1c[nH]c2ccccc12)N[C@H]1COC[C@H](Cc2ccc(OCc3ccccc3)cc2)N2C[C@@H]1N[C@H](CCCn1c(-c3ccccc3)c(-c3ccccc3)oc1=O)C2=O. The molecule has 322 valence electrons. The van der Waals surface area contributed by atoms with E-state index in [4.69, 9.17) is 13.9 Å². The predicted molar refractivity (Wildman–Crippen MR) is 241 cm³/mol. The molecule has 0 spiro atoms. The van der Waals surface area contributed by atoms with E-state index in [1.807, 2.05) is 151 Å². The van der Waals surface area contributed by atoms with Crippen LogP contribution in [0.1, 0.15) is 29.5 Å². The number of benzene rings is 5. The first-order chi connectivity index (χ1) is 30.9. The molecule has 0 saturated carbocycles. The number of nitrogens with zero attached hydrogens (tertiary/aromatic N) is 2. The minimum atomic E-state index is -0.966. The Bertz CT molecular complexity index is 2680. The molecule has 2 aliphatic rings. The largest absolute Gasteiger partial charge is 0.489 e. The van der Waals surface area contributed by atoms with Gasteiger partial charge >= 0.3 is 11.7 Å². The third kappa shape index (κ3) is 9.53. The Morgan fingerprint density at radius 1 is 0.825 bits per heavy atom. The first kappa shape index (κ1) is 41.6. The van der Waals surface area contributed by atoms with Crippen LogP contribution in [0.25, 0.3) is 33.5 Å². The molecule has 9 rings (SSSR count). The van der Waals surface area contributed by atoms with Crippen molar-refractivity contribution in [3.63, 3.8) is 0 Å². The van der Waals surface area contributed by atoms with Gasteiger partial charge in [0.25, 0.3) is 0 Å². The van der Waals surface area contributed by atoms with Gasteiger partial charge in [0.1, 0.15) is 18.4 Å². The summed E-state index contributed by atoms with van der Waals surface area (Å²) in [6.45, 7) is 1.70. The number of aromatic nitrogens is 2. The molecule has 63 heavy (non-hydrogen) atoms. The van der Waals surface area contributed by atoms with Crippen molar-refractivity contribution in [1.29, 1.82) is 0 Å². The van der Waals surface area contributed by atoms with E-state index in [-0.39, 0.29) is 37.6 Å². The van der Waals surface area contributed by atoms with Crippen molar-refractivity contribution in [3.8, 4) is 28.3 Å². The molecule has 2 aromatic heterocycles. The normalized spacial score (nSPS) is 19.4. The lowest BCUT2D eigenvalue weighted by Gasteiger charge is -2.47. The van der Waals surface area contributed by atoms with E-state index in [1.165, 1.54) is 0 Å². The summed E-state index contributed by atoms with van der Waals surface area (Å²) in [6.07, 6.45) is 3.63. The molecule has 4 heterocycles. The number of piperazine rings is 1. The maximum atomic E-state index is 14.6. The number of aromatic amines is 1. The van der Waals surface area contributed by atoms with Gasteiger partial charge in [-0.05, 0) is 54.2 Å². The third-order valence-electron chi connectivity index (χ3n) is 12.2. The average molecular weight is 846 g/mol. The number of hydrogen-bond donors (Lipinski definition) is 4. The number of carboxylic acids is 1. The van der Waals surface area contributed by atoms with Crippen molar-refractivity contribution in [2.45, 2.75) is 69.0 Å². The van der Waals surface area contributed by atoms with Gasteiger partial charge in [-0.15, -0.1) is 0 Å². The summed E-state index contributed by atoms with van der Waals surface area (Å²) in [5.74, 6) is -0.221. The molecule has 12 heteroatoms. The highest BCUT2D eigenvalue weighted by Gasteiger charge is 2.42. The van der Waals surface area contributed by atoms with Gasteiger partial charge in [0.05, 0.1) is 31.0 Å². The fraction of sp³-hybridized carbons (Fsp3) is 0.275. The molecule has 12 nitrogen and oxygen atoms in total. The molecule has 2 aliphatic heterocycles. The van der Waals surface area contributed by atoms with Crippen LogP contribution in [0.15, 0.2) is 155 Å². The highest BCUT2D eigenvalue weighted by Crippen LogP contribution is 2.32. The second kappa shape index (κ2) is 19.1. The number of amides is 1. The number of carboxylic acid groups (broad SMARTS) is 1. The van der Waals surface area contributed by atoms with Crippen molar-refractivity contribution < 1.29 is 28.6 Å². The molecule has 5 atom stereocenters. The molecule has 7 aromatic rings. The zero-order valence-electron chi connectivity index (χ0n) is 34.9. The van der Waals surface area contributed by atoms with Crippen molar-refractivity contribution in [2.24, 2.45) is 0 Å². The summed E-state index contributed by atoms with van der Waals surface area (Å²) in [6, 6.07) is 42.7. The molecule has 2 fully saturated rings. The summed E-state index contributed by atoms with van der Waals surface area (Å²) < 4.78 is 20.0. The van der Waals surface area contributed by atoms with Gasteiger partial charge in [-0.3, -0.25) is 24.8 Å². The van der Waals surface area contributed by atoms with E-state index in [0.29, 0.717) is 50.4 Å². The van der Waals surface area contributed by atoms with Crippen LogP contribution in [0.4, 0.5) is 0 Å². The van der Waals surface area contributed by atoms with E-state index in [0.717, 1.165) is 44.5 Å². The number of H-pyrrole nitrogens is 1. The Morgan fingerprint density at radius 3 is 2.27 bits per heavy atom. The number of rotatable bonds is 16. The first-order valence-corrected chi connectivity index (χ1v) is 21.7. The lowest BCUT2D eigenvalue weighted by atomic mass is 9.94. The molecule has 2 saturated heterocycles. The van der Waals surface area contributed by atoms with Crippen LogP contribution in [0, 0.1) is 0 Å². The Kier molecular flexibility index (Phi) is 12.6. The maximum absolute atomic E-state index is 14.6. The quantitative estimate of drug-likeness (QED) is 0.0801. The highest BCUT2D eigenvalue weighted by atomic mass is 16.5. The second-order valence-corrected chi connectivity index (χ2v) is 16.4. The van der Waals surface area contributed by atoms with E-state index in [9.17, 15) is 19.5 Å². The number of para-hydroxylation sites is 1. The van der Waals surface area contributed by atoms with Gasteiger partial charge < -0.3 is 28.9 Å². The van der Waals surface area contributed by atoms with Gasteiger partial charge in [0.2, 0.25) is 5.91 Å². The fourth-order valence-corrected chi connectivity index (χ4v) is 8.99. The average Bonchev–Trinajstić information content (AvgIpc) is 3.88. The number of ether oxygens (including phenoxy) is 2.